The second-order valence-corrected chi connectivity index (χ2v) is 5.80. The summed E-state index contributed by atoms with van der Waals surface area (Å²) in [5.41, 5.74) is 3.05. The third-order valence-electron chi connectivity index (χ3n) is 3.62. The van der Waals surface area contributed by atoms with Gasteiger partial charge < -0.3 is 0 Å². The van der Waals surface area contributed by atoms with Gasteiger partial charge in [-0.05, 0) is 30.0 Å². The van der Waals surface area contributed by atoms with Crippen molar-refractivity contribution in [2.24, 2.45) is 0 Å². The van der Waals surface area contributed by atoms with Gasteiger partial charge in [0.2, 0.25) is 0 Å². The maximum absolute atomic E-state index is 4.62. The molecule has 4 rings (SSSR count). The van der Waals surface area contributed by atoms with E-state index in [1.165, 1.54) is 0 Å². The molecule has 0 unspecified atom stereocenters. The number of thioether (sulfide) groups is 1. The van der Waals surface area contributed by atoms with Gasteiger partial charge in [-0.1, -0.05) is 36.4 Å². The van der Waals surface area contributed by atoms with Crippen LogP contribution in [0.4, 0.5) is 0 Å². The van der Waals surface area contributed by atoms with E-state index in [4.69, 9.17) is 0 Å². The average Bonchev–Trinajstić information content (AvgIpc) is 3.01. The van der Waals surface area contributed by atoms with E-state index in [1.807, 2.05) is 67.2 Å². The first-order valence-corrected chi connectivity index (χ1v) is 8.40. The smallest absolute Gasteiger partial charge is 0.219 e. The molecule has 0 aliphatic heterocycles. The van der Waals surface area contributed by atoms with Crippen LogP contribution in [0.1, 0.15) is 0 Å². The van der Waals surface area contributed by atoms with Crippen molar-refractivity contribution in [2.45, 2.75) is 5.03 Å². The van der Waals surface area contributed by atoms with Crippen LogP contribution in [0.25, 0.3) is 28.0 Å². The molecule has 0 aliphatic rings. The standard InChI is InChI=1S/C18H13N4S/c1-23-17-15-9-5-6-10-16(15)22(21-17)18-19-11-14(12-20-18)13-7-3-2-4-8-13/h2-5,7-12H,1H3. The van der Waals surface area contributed by atoms with E-state index >= 15 is 0 Å². The zero-order chi connectivity index (χ0) is 15.6. The molecule has 1 radical (unpaired) electrons. The lowest BCUT2D eigenvalue weighted by Gasteiger charge is -2.03. The predicted octanol–water partition coefficient (Wildman–Crippen LogP) is 4.00. The summed E-state index contributed by atoms with van der Waals surface area (Å²) in [6, 6.07) is 19.0. The Kier molecular flexibility index (Phi) is 3.55. The molecule has 2 aromatic carbocycles. The van der Waals surface area contributed by atoms with Gasteiger partial charge in [-0.25, -0.2) is 9.97 Å². The largest absolute Gasteiger partial charge is 0.251 e. The molecule has 5 heteroatoms. The van der Waals surface area contributed by atoms with Crippen LogP contribution in [0.15, 0.2) is 66.0 Å². The molecule has 0 spiro atoms. The number of aromatic nitrogens is 4. The first-order valence-electron chi connectivity index (χ1n) is 7.17. The van der Waals surface area contributed by atoms with E-state index in [0.29, 0.717) is 5.95 Å². The van der Waals surface area contributed by atoms with Gasteiger partial charge in [0.25, 0.3) is 5.95 Å². The summed E-state index contributed by atoms with van der Waals surface area (Å²) in [5, 5.41) is 6.67. The Morgan fingerprint density at radius 3 is 2.52 bits per heavy atom. The fraction of sp³-hybridized carbons (Fsp3) is 0.0556. The number of rotatable bonds is 3. The van der Waals surface area contributed by atoms with Crippen LogP contribution >= 0.6 is 11.8 Å². The Labute approximate surface area is 138 Å². The summed E-state index contributed by atoms with van der Waals surface area (Å²) < 4.78 is 1.77. The van der Waals surface area contributed by atoms with Crippen molar-refractivity contribution in [3.05, 3.63) is 67.0 Å². The molecule has 4 nitrogen and oxygen atoms in total. The monoisotopic (exact) mass is 317 g/mol. The zero-order valence-corrected chi connectivity index (χ0v) is 13.3. The van der Waals surface area contributed by atoms with Crippen LogP contribution < -0.4 is 0 Å². The summed E-state index contributed by atoms with van der Waals surface area (Å²) in [4.78, 5) is 8.98. The highest BCUT2D eigenvalue weighted by Gasteiger charge is 2.12. The number of fused-ring (bicyclic) bond motifs is 1. The lowest BCUT2D eigenvalue weighted by molar-refractivity contribution is 0.801. The second-order valence-electron chi connectivity index (χ2n) is 5.00. The molecular formula is C18H13N4S. The highest BCUT2D eigenvalue weighted by atomic mass is 32.2. The van der Waals surface area contributed by atoms with E-state index in [2.05, 4.69) is 21.1 Å². The molecule has 0 saturated heterocycles. The fourth-order valence-electron chi connectivity index (χ4n) is 2.49. The number of hydrogen-bond donors (Lipinski definition) is 0. The minimum Gasteiger partial charge on any atom is -0.219 e. The van der Waals surface area contributed by atoms with Crippen LogP contribution in [0.2, 0.25) is 0 Å². The van der Waals surface area contributed by atoms with Crippen molar-refractivity contribution in [3.63, 3.8) is 0 Å². The molecular weight excluding hydrogens is 304 g/mol. The third kappa shape index (κ3) is 2.49. The molecule has 0 saturated carbocycles. The zero-order valence-electron chi connectivity index (χ0n) is 12.5. The van der Waals surface area contributed by atoms with Gasteiger partial charge in [-0.2, -0.15) is 9.78 Å². The first kappa shape index (κ1) is 14.0. The van der Waals surface area contributed by atoms with E-state index in [9.17, 15) is 0 Å². The van der Waals surface area contributed by atoms with Crippen molar-refractivity contribution in [1.82, 2.24) is 19.7 Å². The van der Waals surface area contributed by atoms with Gasteiger partial charge in [0.1, 0.15) is 5.03 Å². The minimum atomic E-state index is 0.564. The van der Waals surface area contributed by atoms with Gasteiger partial charge in [-0.3, -0.25) is 0 Å². The van der Waals surface area contributed by atoms with E-state index < -0.39 is 0 Å². The van der Waals surface area contributed by atoms with Crippen LogP contribution in [0, 0.1) is 6.07 Å². The van der Waals surface area contributed by atoms with Gasteiger partial charge in [0.05, 0.1) is 5.52 Å². The SMILES string of the molecule is CSc1nn(-c2ncc(-c3ccccc3)cn2)c2c[c]ccc12. The summed E-state index contributed by atoms with van der Waals surface area (Å²) >= 11 is 1.61. The molecule has 0 aliphatic carbocycles. The Balaban J connectivity index is 1.80. The molecule has 23 heavy (non-hydrogen) atoms. The van der Waals surface area contributed by atoms with Crippen molar-refractivity contribution < 1.29 is 0 Å². The summed E-state index contributed by atoms with van der Waals surface area (Å²) in [5.74, 6) is 0.564. The highest BCUT2D eigenvalue weighted by Crippen LogP contribution is 2.26. The van der Waals surface area contributed by atoms with Gasteiger partial charge in [0.15, 0.2) is 0 Å². The fourth-order valence-corrected chi connectivity index (χ4v) is 3.05. The number of hydrogen-bond acceptors (Lipinski definition) is 4. The second kappa shape index (κ2) is 5.85. The lowest BCUT2D eigenvalue weighted by atomic mass is 10.1. The maximum Gasteiger partial charge on any atom is 0.251 e. The van der Waals surface area contributed by atoms with Gasteiger partial charge in [-0.15, -0.1) is 11.8 Å². The average molecular weight is 317 g/mol. The molecule has 0 amide bonds. The van der Waals surface area contributed by atoms with Gasteiger partial charge >= 0.3 is 0 Å². The molecule has 2 aromatic heterocycles. The van der Waals surface area contributed by atoms with Gasteiger partial charge in [0, 0.05) is 23.3 Å². The molecule has 0 atom stereocenters. The Morgan fingerprint density at radius 1 is 1.00 bits per heavy atom. The van der Waals surface area contributed by atoms with Crippen LogP contribution in [-0.2, 0) is 0 Å². The molecule has 0 N–H and O–H groups in total. The third-order valence-corrected chi connectivity index (χ3v) is 4.31. The Morgan fingerprint density at radius 2 is 1.78 bits per heavy atom. The van der Waals surface area contributed by atoms with Crippen LogP contribution in [0.3, 0.4) is 0 Å². The summed E-state index contributed by atoms with van der Waals surface area (Å²) in [6.45, 7) is 0. The van der Waals surface area contributed by atoms with E-state index in [1.54, 1.807) is 16.4 Å². The van der Waals surface area contributed by atoms with Crippen molar-refractivity contribution >= 4 is 22.7 Å². The molecule has 0 fully saturated rings. The van der Waals surface area contributed by atoms with Crippen molar-refractivity contribution in [1.29, 1.82) is 0 Å². The minimum absolute atomic E-state index is 0.564. The molecule has 4 aromatic rings. The maximum atomic E-state index is 4.62. The van der Waals surface area contributed by atoms with Crippen LogP contribution in [0.5, 0.6) is 0 Å². The number of nitrogens with zero attached hydrogens (tertiary/aromatic N) is 4. The van der Waals surface area contributed by atoms with E-state index in [0.717, 1.165) is 27.1 Å². The van der Waals surface area contributed by atoms with Crippen LogP contribution in [-0.4, -0.2) is 26.0 Å². The van der Waals surface area contributed by atoms with Crippen molar-refractivity contribution in [2.75, 3.05) is 6.26 Å². The molecule has 0 bridgehead atoms. The summed E-state index contributed by atoms with van der Waals surface area (Å²) in [7, 11) is 0. The summed E-state index contributed by atoms with van der Waals surface area (Å²) in [6.07, 6.45) is 5.68. The van der Waals surface area contributed by atoms with E-state index in [-0.39, 0.29) is 0 Å². The Hall–Kier alpha value is -2.66. The topological polar surface area (TPSA) is 43.6 Å². The first-order chi connectivity index (χ1) is 11.4. The quantitative estimate of drug-likeness (QED) is 0.536. The number of benzene rings is 2. The molecule has 111 valence electrons. The Bertz CT molecular complexity index is 946. The lowest BCUT2D eigenvalue weighted by Crippen LogP contribution is -2.02. The predicted molar refractivity (Wildman–Crippen MR) is 92.7 cm³/mol. The van der Waals surface area contributed by atoms with Crippen molar-refractivity contribution in [3.8, 4) is 17.1 Å². The molecule has 2 heterocycles. The normalized spacial score (nSPS) is 11.0. The highest BCUT2D eigenvalue weighted by molar-refractivity contribution is 7.98.